The molecule has 0 fully saturated rings. The summed E-state index contributed by atoms with van der Waals surface area (Å²) in [4.78, 5) is 102. The zero-order chi connectivity index (χ0) is 35.0. The van der Waals surface area contributed by atoms with Crippen LogP contribution >= 0.6 is 12.6 Å². The molecule has 0 aliphatic carbocycles. The summed E-state index contributed by atoms with van der Waals surface area (Å²) < 4.78 is 0. The first kappa shape index (κ1) is 40.6. The van der Waals surface area contributed by atoms with Crippen LogP contribution in [0.3, 0.4) is 0 Å². The minimum absolute atomic E-state index is 0.0408. The summed E-state index contributed by atoms with van der Waals surface area (Å²) >= 11 is 3.60. The third kappa shape index (κ3) is 16.3. The Morgan fingerprint density at radius 3 is 1.51 bits per heavy atom. The number of carbonyl (C=O) groups is 8. The van der Waals surface area contributed by atoms with Crippen LogP contribution in [0.4, 0.5) is 0 Å². The lowest BCUT2D eigenvalue weighted by Gasteiger charge is -2.28. The number of nitrogens with two attached hydrogens (primary N) is 2. The molecular formula is C26H44N8O10S. The van der Waals surface area contributed by atoms with Crippen LogP contribution in [-0.2, 0) is 38.4 Å². The number of aliphatic carboxylic acids is 2. The maximum absolute atomic E-state index is 13.4. The number of nitrogens with zero attached hydrogens (tertiary/aromatic N) is 1. The predicted octanol–water partition coefficient (Wildman–Crippen LogP) is -2.80. The number of hydrogen-bond donors (Lipinski definition) is 10. The summed E-state index contributed by atoms with van der Waals surface area (Å²) in [6, 6.07) is -6.95. The first-order chi connectivity index (χ1) is 20.8. The molecule has 0 aromatic carbocycles. The molecule has 19 heteroatoms. The number of carbonyl (C=O) groups excluding carboxylic acids is 6. The normalized spacial score (nSPS) is 14.1. The fourth-order valence-electron chi connectivity index (χ4n) is 3.87. The van der Waals surface area contributed by atoms with Gasteiger partial charge in [0.15, 0.2) is 5.96 Å². The molecule has 18 nitrogen and oxygen atoms in total. The third-order valence-corrected chi connectivity index (χ3v) is 6.45. The van der Waals surface area contributed by atoms with Crippen LogP contribution in [0.15, 0.2) is 4.99 Å². The molecule has 0 aromatic rings. The van der Waals surface area contributed by atoms with Crippen LogP contribution in [0.2, 0.25) is 0 Å². The number of hydrogen-bond acceptors (Lipinski definition) is 9. The molecule has 0 aliphatic heterocycles. The van der Waals surface area contributed by atoms with Crippen LogP contribution in [0.1, 0.15) is 60.3 Å². The van der Waals surface area contributed by atoms with E-state index in [1.54, 1.807) is 27.7 Å². The number of aliphatic imine (C=N–C) groups is 1. The second kappa shape index (κ2) is 19.8. The number of carboxylic acid groups (broad SMARTS) is 2. The second-order valence-corrected chi connectivity index (χ2v) is 11.3. The Labute approximate surface area is 265 Å². The fraction of sp³-hybridized carbons (Fsp3) is 0.654. The zero-order valence-electron chi connectivity index (χ0n) is 25.8. The highest BCUT2D eigenvalue weighted by molar-refractivity contribution is 7.96. The lowest BCUT2D eigenvalue weighted by atomic mass is 10.0. The molecule has 0 saturated heterocycles. The molecule has 0 heterocycles. The number of amides is 5. The second-order valence-electron chi connectivity index (χ2n) is 10.8. The van der Waals surface area contributed by atoms with Crippen molar-refractivity contribution in [1.29, 1.82) is 0 Å². The molecule has 0 unspecified atom stereocenters. The van der Waals surface area contributed by atoms with E-state index in [1.165, 1.54) is 6.92 Å². The first-order valence-corrected chi connectivity index (χ1v) is 14.4. The van der Waals surface area contributed by atoms with E-state index in [1.807, 2.05) is 0 Å². The molecule has 254 valence electrons. The van der Waals surface area contributed by atoms with Crippen molar-refractivity contribution in [2.24, 2.45) is 28.3 Å². The minimum atomic E-state index is -1.67. The van der Waals surface area contributed by atoms with Crippen molar-refractivity contribution in [3.8, 4) is 0 Å². The van der Waals surface area contributed by atoms with E-state index in [4.69, 9.17) is 16.6 Å². The SMILES string of the molecule is CC(=O)N[C@H](C(=O)N[C@@H](CC(=O)O)C(=O)N[C@@H](CCCN=C(N)N)C(=O)N[C@H](C(=O)N[C@@H](CC(=O)O)C(=O)S)C(C)C)C(C)C. The minimum Gasteiger partial charge on any atom is -0.481 e. The monoisotopic (exact) mass is 660 g/mol. The van der Waals surface area contributed by atoms with Gasteiger partial charge in [-0.2, -0.15) is 0 Å². The molecule has 0 radical (unpaired) electrons. The maximum Gasteiger partial charge on any atom is 0.305 e. The lowest BCUT2D eigenvalue weighted by molar-refractivity contribution is -0.142. The number of thiol groups is 1. The molecule has 11 N–H and O–H groups in total. The summed E-state index contributed by atoms with van der Waals surface area (Å²) in [6.45, 7) is 7.60. The van der Waals surface area contributed by atoms with Crippen LogP contribution in [0.5, 0.6) is 0 Å². The number of rotatable bonds is 20. The van der Waals surface area contributed by atoms with Crippen molar-refractivity contribution in [2.45, 2.75) is 90.5 Å². The van der Waals surface area contributed by atoms with Gasteiger partial charge in [0.1, 0.15) is 30.2 Å². The van der Waals surface area contributed by atoms with Gasteiger partial charge >= 0.3 is 11.9 Å². The number of carboxylic acids is 2. The molecule has 0 saturated carbocycles. The van der Waals surface area contributed by atoms with E-state index in [9.17, 15) is 43.5 Å². The largest absolute Gasteiger partial charge is 0.481 e. The predicted molar refractivity (Wildman–Crippen MR) is 163 cm³/mol. The molecule has 45 heavy (non-hydrogen) atoms. The fourth-order valence-corrected chi connectivity index (χ4v) is 4.02. The van der Waals surface area contributed by atoms with Gasteiger partial charge in [-0.25, -0.2) is 0 Å². The molecule has 0 bridgehead atoms. The Morgan fingerprint density at radius 2 is 1.09 bits per heavy atom. The molecule has 5 amide bonds. The maximum atomic E-state index is 13.4. The highest BCUT2D eigenvalue weighted by atomic mass is 32.1. The van der Waals surface area contributed by atoms with Crippen molar-refractivity contribution in [1.82, 2.24) is 26.6 Å². The Bertz CT molecular complexity index is 1140. The average Bonchev–Trinajstić information content (AvgIpc) is 2.89. The first-order valence-electron chi connectivity index (χ1n) is 14.0. The number of guanidine groups is 1. The van der Waals surface area contributed by atoms with E-state index in [2.05, 4.69) is 44.2 Å². The van der Waals surface area contributed by atoms with E-state index in [0.29, 0.717) is 0 Å². The van der Waals surface area contributed by atoms with E-state index >= 15 is 0 Å². The number of nitrogens with one attached hydrogen (secondary N) is 5. The smallest absolute Gasteiger partial charge is 0.305 e. The quantitative estimate of drug-likeness (QED) is 0.0274. The highest BCUT2D eigenvalue weighted by Gasteiger charge is 2.34. The summed E-state index contributed by atoms with van der Waals surface area (Å²) in [5.74, 6) is -8.28. The van der Waals surface area contributed by atoms with Gasteiger partial charge in [-0.3, -0.25) is 43.3 Å². The topological polar surface area (TPSA) is 302 Å². The van der Waals surface area contributed by atoms with Crippen LogP contribution in [0.25, 0.3) is 0 Å². The van der Waals surface area contributed by atoms with Gasteiger partial charge in [-0.05, 0) is 24.7 Å². The Hall–Kier alpha value is -4.42. The Morgan fingerprint density at radius 1 is 0.667 bits per heavy atom. The van der Waals surface area contributed by atoms with E-state index in [0.717, 1.165) is 0 Å². The van der Waals surface area contributed by atoms with Crippen LogP contribution in [0, 0.1) is 11.8 Å². The van der Waals surface area contributed by atoms with Crippen molar-refractivity contribution in [2.75, 3.05) is 6.54 Å². The Kier molecular flexibility index (Phi) is 17.8. The average molecular weight is 661 g/mol. The molecule has 0 rings (SSSR count). The van der Waals surface area contributed by atoms with Gasteiger partial charge in [-0.1, -0.05) is 27.7 Å². The summed E-state index contributed by atoms with van der Waals surface area (Å²) in [7, 11) is 0. The van der Waals surface area contributed by atoms with Crippen LogP contribution < -0.4 is 38.1 Å². The zero-order valence-corrected chi connectivity index (χ0v) is 26.7. The van der Waals surface area contributed by atoms with Gasteiger partial charge in [0.2, 0.25) is 34.7 Å². The third-order valence-electron chi connectivity index (χ3n) is 6.14. The van der Waals surface area contributed by atoms with Gasteiger partial charge in [0.25, 0.3) is 0 Å². The molecule has 0 aromatic heterocycles. The van der Waals surface area contributed by atoms with Gasteiger partial charge in [-0.15, -0.1) is 12.6 Å². The van der Waals surface area contributed by atoms with Crippen molar-refractivity contribution < 1.29 is 48.6 Å². The molecule has 5 atom stereocenters. The van der Waals surface area contributed by atoms with Gasteiger partial charge in [0, 0.05) is 13.5 Å². The summed E-state index contributed by atoms with van der Waals surface area (Å²) in [6.07, 6.45) is -1.60. The standard InChI is InChI=1S/C26H44N8O10S/c1-11(2)19(30-13(5)35)23(42)32-15(9-17(36)37)22(41)31-14(7-6-8-29-26(27)28)21(40)34-20(12(3)4)24(43)33-16(25(44)45)10-18(38)39/h11-12,14-16,19-20H,6-10H2,1-5H3,(H,30,35)(H,31,41)(H,32,42)(H,33,43)(H,34,40)(H,36,37)(H,38,39)(H,44,45)(H4,27,28,29)/t14-,15-,16-,19-,20-/m0/s1. The Balaban J connectivity index is 6.14. The van der Waals surface area contributed by atoms with Crippen molar-refractivity contribution in [3.63, 3.8) is 0 Å². The molecule has 0 aliphatic rings. The van der Waals surface area contributed by atoms with Crippen molar-refractivity contribution >= 4 is 65.2 Å². The molecule has 0 spiro atoms. The molecular weight excluding hydrogens is 616 g/mol. The van der Waals surface area contributed by atoms with Gasteiger partial charge in [0.05, 0.1) is 12.8 Å². The summed E-state index contributed by atoms with van der Waals surface area (Å²) in [5, 5.41) is 29.3. The van der Waals surface area contributed by atoms with Gasteiger partial charge < -0.3 is 48.3 Å². The summed E-state index contributed by atoms with van der Waals surface area (Å²) in [5.41, 5.74) is 10.7. The van der Waals surface area contributed by atoms with E-state index < -0.39 is 101 Å². The van der Waals surface area contributed by atoms with E-state index in [-0.39, 0.29) is 25.3 Å². The van der Waals surface area contributed by atoms with Crippen LogP contribution in [-0.4, -0.2) is 99.5 Å². The van der Waals surface area contributed by atoms with Crippen molar-refractivity contribution in [3.05, 3.63) is 0 Å². The highest BCUT2D eigenvalue weighted by Crippen LogP contribution is 2.09. The lowest BCUT2D eigenvalue weighted by Crippen LogP contribution is -2.60.